The van der Waals surface area contributed by atoms with Crippen LogP contribution in [0.25, 0.3) is 22.1 Å². The fourth-order valence-electron chi connectivity index (χ4n) is 3.77. The molecule has 1 heterocycles. The van der Waals surface area contributed by atoms with E-state index in [1.165, 1.54) is 19.1 Å². The Kier molecular flexibility index (Phi) is 7.42. The van der Waals surface area contributed by atoms with Gasteiger partial charge in [-0.2, -0.15) is 13.2 Å². The molecule has 0 aliphatic heterocycles. The summed E-state index contributed by atoms with van der Waals surface area (Å²) in [4.78, 5) is 13.2. The van der Waals surface area contributed by atoms with E-state index in [1.807, 2.05) is 6.92 Å². The Labute approximate surface area is 189 Å². The van der Waals surface area contributed by atoms with Crippen molar-refractivity contribution in [3.8, 4) is 11.1 Å². The fourth-order valence-corrected chi connectivity index (χ4v) is 4.15. The zero-order valence-corrected chi connectivity index (χ0v) is 18.6. The SMILES string of the molecule is CCCCCc1ccc(-c2cc3ccc(S)c(C(C)B(O)O)c3oc2=O)c(C(F)(F)F)c1. The van der Waals surface area contributed by atoms with Crippen LogP contribution in [0.1, 0.15) is 55.6 Å². The molecule has 1 aromatic heterocycles. The van der Waals surface area contributed by atoms with Crippen LogP contribution < -0.4 is 5.63 Å². The lowest BCUT2D eigenvalue weighted by Crippen LogP contribution is -2.21. The summed E-state index contributed by atoms with van der Waals surface area (Å²) < 4.78 is 47.0. The average Bonchev–Trinajstić information content (AvgIpc) is 2.72. The monoisotopic (exact) mass is 464 g/mol. The molecule has 0 amide bonds. The van der Waals surface area contributed by atoms with Gasteiger partial charge in [-0.3, -0.25) is 0 Å². The summed E-state index contributed by atoms with van der Waals surface area (Å²) >= 11 is 4.30. The number of hydrogen-bond donors (Lipinski definition) is 3. The molecule has 0 aliphatic rings. The molecular formula is C23H24BF3O4S. The van der Waals surface area contributed by atoms with E-state index >= 15 is 0 Å². The Morgan fingerprint density at radius 1 is 1.09 bits per heavy atom. The van der Waals surface area contributed by atoms with Crippen LogP contribution in [0.3, 0.4) is 0 Å². The normalized spacial score (nSPS) is 12.9. The standard InChI is InChI=1S/C23H24BF3O4S/c1-3-4-5-6-14-7-9-16(18(11-14)23(25,26)27)17-12-15-8-10-19(32)20(13(2)24(29)30)21(15)31-22(17)28/h7-13,29-30,32H,3-6H2,1-2H3. The minimum Gasteiger partial charge on any atom is -0.427 e. The molecule has 3 aromatic rings. The number of thiol groups is 1. The molecule has 32 heavy (non-hydrogen) atoms. The zero-order chi connectivity index (χ0) is 23.6. The molecule has 0 bridgehead atoms. The molecule has 170 valence electrons. The highest BCUT2D eigenvalue weighted by atomic mass is 32.1. The number of fused-ring (bicyclic) bond motifs is 1. The van der Waals surface area contributed by atoms with Gasteiger partial charge in [-0.15, -0.1) is 12.6 Å². The molecule has 0 aliphatic carbocycles. The first-order valence-corrected chi connectivity index (χ1v) is 10.9. The van der Waals surface area contributed by atoms with Crippen molar-refractivity contribution in [1.29, 1.82) is 0 Å². The summed E-state index contributed by atoms with van der Waals surface area (Å²) in [5, 5.41) is 19.5. The lowest BCUT2D eigenvalue weighted by molar-refractivity contribution is -0.137. The number of alkyl halides is 3. The van der Waals surface area contributed by atoms with Crippen LogP contribution in [-0.2, 0) is 12.6 Å². The van der Waals surface area contributed by atoms with Crippen LogP contribution >= 0.6 is 12.6 Å². The van der Waals surface area contributed by atoms with Crippen molar-refractivity contribution in [1.82, 2.24) is 0 Å². The summed E-state index contributed by atoms with van der Waals surface area (Å²) in [6.07, 6.45) is -1.45. The van der Waals surface area contributed by atoms with Gasteiger partial charge >= 0.3 is 18.9 Å². The molecule has 3 rings (SSSR count). The highest BCUT2D eigenvalue weighted by Gasteiger charge is 2.35. The second kappa shape index (κ2) is 9.73. The van der Waals surface area contributed by atoms with Crippen LogP contribution in [0, 0.1) is 0 Å². The van der Waals surface area contributed by atoms with Gasteiger partial charge in [0.2, 0.25) is 0 Å². The smallest absolute Gasteiger partial charge is 0.427 e. The first kappa shape index (κ1) is 24.4. The van der Waals surface area contributed by atoms with E-state index < -0.39 is 30.3 Å². The van der Waals surface area contributed by atoms with Gasteiger partial charge in [0.05, 0.1) is 11.1 Å². The summed E-state index contributed by atoms with van der Waals surface area (Å²) in [6.45, 7) is 3.54. The third kappa shape index (κ3) is 5.05. The molecular weight excluding hydrogens is 440 g/mol. The van der Waals surface area contributed by atoms with E-state index in [0.717, 1.165) is 25.3 Å². The Hall–Kier alpha value is -2.23. The summed E-state index contributed by atoms with van der Waals surface area (Å²) in [6, 6.07) is 8.50. The predicted molar refractivity (Wildman–Crippen MR) is 122 cm³/mol. The van der Waals surface area contributed by atoms with Crippen molar-refractivity contribution in [3.63, 3.8) is 0 Å². The maximum absolute atomic E-state index is 13.9. The van der Waals surface area contributed by atoms with Crippen molar-refractivity contribution in [2.75, 3.05) is 0 Å². The molecule has 1 unspecified atom stereocenters. The minimum atomic E-state index is -4.65. The largest absolute Gasteiger partial charge is 0.459 e. The second-order valence-electron chi connectivity index (χ2n) is 7.90. The molecule has 0 spiro atoms. The summed E-state index contributed by atoms with van der Waals surface area (Å²) in [5.74, 6) is -0.826. The fraction of sp³-hybridized carbons (Fsp3) is 0.348. The van der Waals surface area contributed by atoms with Crippen LogP contribution in [0.2, 0.25) is 0 Å². The molecule has 9 heteroatoms. The molecule has 0 fully saturated rings. The van der Waals surface area contributed by atoms with Gasteiger partial charge in [0.15, 0.2) is 0 Å². The lowest BCUT2D eigenvalue weighted by Gasteiger charge is -2.17. The molecule has 1 atom stereocenters. The van der Waals surface area contributed by atoms with E-state index in [-0.39, 0.29) is 16.7 Å². The van der Waals surface area contributed by atoms with Gasteiger partial charge in [-0.25, -0.2) is 4.79 Å². The predicted octanol–water partition coefficient (Wildman–Crippen LogP) is 5.62. The molecule has 0 saturated carbocycles. The quantitative estimate of drug-likeness (QED) is 0.184. The van der Waals surface area contributed by atoms with Crippen LogP contribution in [0.15, 0.2) is 50.5 Å². The van der Waals surface area contributed by atoms with Crippen LogP contribution in [-0.4, -0.2) is 17.2 Å². The van der Waals surface area contributed by atoms with Gasteiger partial charge in [-0.05, 0) is 36.6 Å². The maximum Gasteiger partial charge on any atom is 0.459 e. The molecule has 0 radical (unpaired) electrons. The highest BCUT2D eigenvalue weighted by Crippen LogP contribution is 2.39. The third-order valence-corrected chi connectivity index (χ3v) is 5.96. The van der Waals surface area contributed by atoms with Crippen molar-refractivity contribution in [3.05, 3.63) is 63.5 Å². The average molecular weight is 464 g/mol. The van der Waals surface area contributed by atoms with Crippen molar-refractivity contribution < 1.29 is 27.6 Å². The summed E-state index contributed by atoms with van der Waals surface area (Å²) in [7, 11) is -1.73. The second-order valence-corrected chi connectivity index (χ2v) is 8.38. The van der Waals surface area contributed by atoms with Crippen molar-refractivity contribution in [2.24, 2.45) is 0 Å². The molecule has 2 N–H and O–H groups in total. The van der Waals surface area contributed by atoms with E-state index in [1.54, 1.807) is 18.2 Å². The van der Waals surface area contributed by atoms with Crippen LogP contribution in [0.4, 0.5) is 13.2 Å². The van der Waals surface area contributed by atoms with Gasteiger partial charge in [-0.1, -0.05) is 44.9 Å². The lowest BCUT2D eigenvalue weighted by atomic mass is 9.70. The number of benzene rings is 2. The van der Waals surface area contributed by atoms with E-state index in [9.17, 15) is 28.0 Å². The Bertz CT molecular complexity index is 1170. The number of unbranched alkanes of at least 4 members (excludes halogenated alkanes) is 2. The Morgan fingerprint density at radius 3 is 2.44 bits per heavy atom. The third-order valence-electron chi connectivity index (χ3n) is 5.57. The van der Waals surface area contributed by atoms with Gasteiger partial charge in [0, 0.05) is 27.2 Å². The van der Waals surface area contributed by atoms with Gasteiger partial charge in [0.25, 0.3) is 0 Å². The number of halogens is 3. The first-order chi connectivity index (χ1) is 15.0. The van der Waals surface area contributed by atoms with Gasteiger partial charge in [0.1, 0.15) is 5.58 Å². The van der Waals surface area contributed by atoms with E-state index in [2.05, 4.69) is 12.6 Å². The number of hydrogen-bond acceptors (Lipinski definition) is 5. The molecule has 4 nitrogen and oxygen atoms in total. The van der Waals surface area contributed by atoms with Crippen molar-refractivity contribution in [2.45, 2.75) is 56.4 Å². The Morgan fingerprint density at radius 2 is 1.81 bits per heavy atom. The highest BCUT2D eigenvalue weighted by molar-refractivity contribution is 7.80. The number of rotatable bonds is 7. The molecule has 0 saturated heterocycles. The van der Waals surface area contributed by atoms with Crippen LogP contribution in [0.5, 0.6) is 0 Å². The molecule has 2 aromatic carbocycles. The van der Waals surface area contributed by atoms with E-state index in [0.29, 0.717) is 27.8 Å². The summed E-state index contributed by atoms with van der Waals surface area (Å²) in [5.41, 5.74) is -1.36. The Balaban J connectivity index is 2.18. The van der Waals surface area contributed by atoms with Crippen molar-refractivity contribution >= 4 is 30.7 Å². The first-order valence-electron chi connectivity index (χ1n) is 10.4. The maximum atomic E-state index is 13.9. The van der Waals surface area contributed by atoms with E-state index in [4.69, 9.17) is 4.42 Å². The van der Waals surface area contributed by atoms with Gasteiger partial charge < -0.3 is 14.5 Å². The number of aryl methyl sites for hydroxylation is 1. The topological polar surface area (TPSA) is 70.7 Å². The zero-order valence-electron chi connectivity index (χ0n) is 17.7. The minimum absolute atomic E-state index is 0.0663.